The summed E-state index contributed by atoms with van der Waals surface area (Å²) in [7, 11) is 2.11. The summed E-state index contributed by atoms with van der Waals surface area (Å²) in [4.78, 5) is 10.4. The fourth-order valence-corrected chi connectivity index (χ4v) is 1.60. The van der Waals surface area contributed by atoms with E-state index in [-0.39, 0.29) is 6.10 Å². The maximum atomic E-state index is 5.62. The predicted octanol–water partition coefficient (Wildman–Crippen LogP) is 0.219. The monoisotopic (exact) mass is 208 g/mol. The predicted molar refractivity (Wildman–Crippen MR) is 57.8 cm³/mol. The van der Waals surface area contributed by atoms with Crippen molar-refractivity contribution in [2.24, 2.45) is 0 Å². The Bertz CT molecular complexity index is 293. The quantitative estimate of drug-likeness (QED) is 0.770. The number of anilines is 1. The summed E-state index contributed by atoms with van der Waals surface area (Å²) in [6, 6.07) is 0. The van der Waals surface area contributed by atoms with Crippen LogP contribution in [-0.4, -0.2) is 54.3 Å². The van der Waals surface area contributed by atoms with Crippen molar-refractivity contribution in [3.05, 3.63) is 18.6 Å². The van der Waals surface area contributed by atoms with Crippen LogP contribution in [0.25, 0.3) is 0 Å². The molecule has 0 aliphatic carbocycles. The van der Waals surface area contributed by atoms with E-state index in [2.05, 4.69) is 27.2 Å². The number of hydrogen-bond acceptors (Lipinski definition) is 5. The molecule has 1 fully saturated rings. The summed E-state index contributed by atoms with van der Waals surface area (Å²) in [5.41, 5.74) is 0. The normalized spacial score (nSPS) is 22.6. The molecule has 1 atom stereocenters. The third kappa shape index (κ3) is 3.14. The third-order valence-electron chi connectivity index (χ3n) is 2.42. The standard InChI is InChI=1S/C10H16N4O/c1-14-4-5-15-9(8-14)6-13-10-7-11-2-3-12-10/h2-3,7,9H,4-6,8H2,1H3,(H,12,13). The first-order valence-corrected chi connectivity index (χ1v) is 5.14. The van der Waals surface area contributed by atoms with Crippen LogP contribution in [0.15, 0.2) is 18.6 Å². The molecular weight excluding hydrogens is 192 g/mol. The smallest absolute Gasteiger partial charge is 0.144 e. The Hall–Kier alpha value is -1.20. The van der Waals surface area contributed by atoms with Gasteiger partial charge in [0.05, 0.1) is 18.9 Å². The van der Waals surface area contributed by atoms with Gasteiger partial charge >= 0.3 is 0 Å². The molecule has 0 radical (unpaired) electrons. The van der Waals surface area contributed by atoms with Gasteiger partial charge in [0.2, 0.25) is 0 Å². The molecule has 2 heterocycles. The van der Waals surface area contributed by atoms with Crippen molar-refractivity contribution >= 4 is 5.82 Å². The fraction of sp³-hybridized carbons (Fsp3) is 0.600. The van der Waals surface area contributed by atoms with E-state index in [0.29, 0.717) is 0 Å². The van der Waals surface area contributed by atoms with Gasteiger partial charge in [0.15, 0.2) is 0 Å². The number of morpholine rings is 1. The Morgan fingerprint density at radius 3 is 3.27 bits per heavy atom. The van der Waals surface area contributed by atoms with Crippen molar-refractivity contribution in [1.82, 2.24) is 14.9 Å². The lowest BCUT2D eigenvalue weighted by molar-refractivity contribution is -0.0117. The first kappa shape index (κ1) is 10.3. The first-order chi connectivity index (χ1) is 7.34. The van der Waals surface area contributed by atoms with Gasteiger partial charge in [0, 0.05) is 32.0 Å². The topological polar surface area (TPSA) is 50.3 Å². The van der Waals surface area contributed by atoms with Gasteiger partial charge in [-0.15, -0.1) is 0 Å². The Morgan fingerprint density at radius 2 is 2.53 bits per heavy atom. The zero-order chi connectivity index (χ0) is 10.5. The summed E-state index contributed by atoms with van der Waals surface area (Å²) in [5, 5.41) is 3.21. The molecule has 1 aromatic rings. The lowest BCUT2D eigenvalue weighted by atomic mass is 10.3. The van der Waals surface area contributed by atoms with Crippen molar-refractivity contribution in [3.8, 4) is 0 Å². The molecule has 1 aromatic heterocycles. The molecule has 1 N–H and O–H groups in total. The van der Waals surface area contributed by atoms with Crippen molar-refractivity contribution in [2.45, 2.75) is 6.10 Å². The fourth-order valence-electron chi connectivity index (χ4n) is 1.60. The van der Waals surface area contributed by atoms with Crippen molar-refractivity contribution < 1.29 is 4.74 Å². The molecule has 1 aliphatic rings. The Kier molecular flexibility index (Phi) is 3.47. The van der Waals surface area contributed by atoms with Gasteiger partial charge in [0.25, 0.3) is 0 Å². The van der Waals surface area contributed by atoms with E-state index < -0.39 is 0 Å². The number of rotatable bonds is 3. The van der Waals surface area contributed by atoms with Crippen LogP contribution >= 0.6 is 0 Å². The van der Waals surface area contributed by atoms with Crippen LogP contribution in [-0.2, 0) is 4.74 Å². The van der Waals surface area contributed by atoms with Crippen LogP contribution in [0.2, 0.25) is 0 Å². The van der Waals surface area contributed by atoms with Gasteiger partial charge in [-0.2, -0.15) is 0 Å². The third-order valence-corrected chi connectivity index (χ3v) is 2.42. The Balaban J connectivity index is 1.78. The average Bonchev–Trinajstić information content (AvgIpc) is 2.28. The molecule has 1 aliphatic heterocycles. The second-order valence-electron chi connectivity index (χ2n) is 3.73. The minimum absolute atomic E-state index is 0.241. The number of nitrogens with one attached hydrogen (secondary N) is 1. The summed E-state index contributed by atoms with van der Waals surface area (Å²) in [6.07, 6.45) is 5.30. The van der Waals surface area contributed by atoms with Crippen LogP contribution in [0.3, 0.4) is 0 Å². The van der Waals surface area contributed by atoms with E-state index in [0.717, 1.165) is 32.1 Å². The minimum atomic E-state index is 0.241. The van der Waals surface area contributed by atoms with E-state index in [9.17, 15) is 0 Å². The van der Waals surface area contributed by atoms with Gasteiger partial charge in [-0.3, -0.25) is 4.98 Å². The highest BCUT2D eigenvalue weighted by Gasteiger charge is 2.17. The van der Waals surface area contributed by atoms with Crippen LogP contribution < -0.4 is 5.32 Å². The lowest BCUT2D eigenvalue weighted by Gasteiger charge is -2.30. The van der Waals surface area contributed by atoms with Gasteiger partial charge in [0.1, 0.15) is 5.82 Å². The molecule has 2 rings (SSSR count). The number of hydrogen-bond donors (Lipinski definition) is 1. The van der Waals surface area contributed by atoms with Gasteiger partial charge in [-0.05, 0) is 7.05 Å². The maximum Gasteiger partial charge on any atom is 0.144 e. The van der Waals surface area contributed by atoms with E-state index >= 15 is 0 Å². The molecule has 0 amide bonds. The number of nitrogens with zero attached hydrogens (tertiary/aromatic N) is 3. The first-order valence-electron chi connectivity index (χ1n) is 5.14. The molecule has 1 saturated heterocycles. The highest BCUT2D eigenvalue weighted by atomic mass is 16.5. The summed E-state index contributed by atoms with van der Waals surface area (Å²) < 4.78 is 5.62. The average molecular weight is 208 g/mol. The Labute approximate surface area is 89.5 Å². The zero-order valence-electron chi connectivity index (χ0n) is 8.89. The highest BCUT2D eigenvalue weighted by molar-refractivity contribution is 5.29. The molecule has 0 saturated carbocycles. The SMILES string of the molecule is CN1CCOC(CNc2cnccn2)C1. The van der Waals surface area contributed by atoms with Gasteiger partial charge < -0.3 is 15.0 Å². The number of aromatic nitrogens is 2. The van der Waals surface area contributed by atoms with Crippen LogP contribution in [0.4, 0.5) is 5.82 Å². The largest absolute Gasteiger partial charge is 0.374 e. The molecule has 5 nitrogen and oxygen atoms in total. The molecule has 15 heavy (non-hydrogen) atoms. The van der Waals surface area contributed by atoms with Crippen LogP contribution in [0, 0.1) is 0 Å². The molecule has 0 aromatic carbocycles. The summed E-state index contributed by atoms with van der Waals surface area (Å²) in [6.45, 7) is 3.57. The summed E-state index contributed by atoms with van der Waals surface area (Å²) >= 11 is 0. The second-order valence-corrected chi connectivity index (χ2v) is 3.73. The van der Waals surface area contributed by atoms with Gasteiger partial charge in [-0.1, -0.05) is 0 Å². The van der Waals surface area contributed by atoms with Crippen molar-refractivity contribution in [2.75, 3.05) is 38.6 Å². The van der Waals surface area contributed by atoms with Crippen molar-refractivity contribution in [1.29, 1.82) is 0 Å². The van der Waals surface area contributed by atoms with E-state index in [1.54, 1.807) is 18.6 Å². The van der Waals surface area contributed by atoms with E-state index in [4.69, 9.17) is 4.74 Å². The molecular formula is C10H16N4O. The van der Waals surface area contributed by atoms with Gasteiger partial charge in [-0.25, -0.2) is 4.98 Å². The molecule has 1 unspecified atom stereocenters. The van der Waals surface area contributed by atoms with Crippen LogP contribution in [0.5, 0.6) is 0 Å². The second kappa shape index (κ2) is 5.04. The Morgan fingerprint density at radius 1 is 1.60 bits per heavy atom. The zero-order valence-corrected chi connectivity index (χ0v) is 8.89. The molecule has 82 valence electrons. The lowest BCUT2D eigenvalue weighted by Crippen LogP contribution is -2.43. The summed E-state index contributed by atoms with van der Waals surface area (Å²) in [5.74, 6) is 0.800. The highest BCUT2D eigenvalue weighted by Crippen LogP contribution is 2.04. The molecule has 0 bridgehead atoms. The van der Waals surface area contributed by atoms with E-state index in [1.807, 2.05) is 0 Å². The van der Waals surface area contributed by atoms with Crippen LogP contribution in [0.1, 0.15) is 0 Å². The maximum absolute atomic E-state index is 5.62. The van der Waals surface area contributed by atoms with E-state index in [1.165, 1.54) is 0 Å². The molecule has 5 heteroatoms. The minimum Gasteiger partial charge on any atom is -0.374 e. The number of likely N-dealkylation sites (N-methyl/N-ethyl adjacent to an activating group) is 1. The molecule has 0 spiro atoms. The van der Waals surface area contributed by atoms with Crippen molar-refractivity contribution in [3.63, 3.8) is 0 Å². The number of ether oxygens (including phenoxy) is 1.